The summed E-state index contributed by atoms with van der Waals surface area (Å²) >= 11 is 49.7. The van der Waals surface area contributed by atoms with Crippen LogP contribution in [0.4, 0.5) is 0 Å². The maximum atomic E-state index is 5.52. The molecule has 0 fully saturated rings. The molecule has 0 bridgehead atoms. The maximum Gasteiger partial charge on any atom is 0.484 e. The zero-order chi connectivity index (χ0) is 15.3. The van der Waals surface area contributed by atoms with Gasteiger partial charge in [-0.15, -0.1) is 0 Å². The predicted molar refractivity (Wildman–Crippen MR) is 85.9 cm³/mol. The summed E-state index contributed by atoms with van der Waals surface area (Å²) in [5, 5.41) is 0. The van der Waals surface area contributed by atoms with Crippen molar-refractivity contribution >= 4 is 114 Å². The van der Waals surface area contributed by atoms with Gasteiger partial charge in [0.15, 0.2) is 0 Å². The fourth-order valence-electron chi connectivity index (χ4n) is 0.632. The second-order valence-corrected chi connectivity index (χ2v) is 12.2. The summed E-state index contributed by atoms with van der Waals surface area (Å²) < 4.78 is 10.5. The van der Waals surface area contributed by atoms with E-state index in [1.54, 1.807) is 0 Å². The summed E-state index contributed by atoms with van der Waals surface area (Å²) in [5.74, 6) is 0. The van der Waals surface area contributed by atoms with Gasteiger partial charge in [-0.3, -0.25) is 0 Å². The van der Waals surface area contributed by atoms with Gasteiger partial charge in [0.2, 0.25) is 11.4 Å². The molecule has 0 aliphatic carbocycles. The first-order valence-electron chi connectivity index (χ1n) is 4.33. The molecule has 0 radical (unpaired) electrons. The monoisotopic (exact) mass is 470 g/mol. The van der Waals surface area contributed by atoms with Crippen molar-refractivity contribution in [2.75, 3.05) is 19.8 Å². The third-order valence-electron chi connectivity index (χ3n) is 1.15. The van der Waals surface area contributed by atoms with E-state index in [-0.39, 0.29) is 19.8 Å². The summed E-state index contributed by atoms with van der Waals surface area (Å²) in [6.07, 6.45) is 0. The van der Waals surface area contributed by atoms with Crippen molar-refractivity contribution in [3.05, 3.63) is 0 Å². The van der Waals surface area contributed by atoms with Crippen molar-refractivity contribution in [3.63, 3.8) is 0 Å². The fraction of sp³-hybridized carbons (Fsp3) is 1.00. The van der Waals surface area contributed by atoms with E-state index >= 15 is 0 Å². The van der Waals surface area contributed by atoms with Crippen LogP contribution in [-0.4, -0.2) is 40.7 Å². The lowest BCUT2D eigenvalue weighted by atomic mass is 10.8. The summed E-state index contributed by atoms with van der Waals surface area (Å²) in [4.78, 5) is 0. The van der Waals surface area contributed by atoms with Gasteiger partial charge in [0, 0.05) is 0 Å². The standard InChI is InChI=1S/C6H7Cl9O3Si/c7-4(8,9)1-16-19(17-2-5(10,11)12)18-3-6(13,14)15/h19H,1-3H2. The number of hydrogen-bond acceptors (Lipinski definition) is 3. The van der Waals surface area contributed by atoms with Gasteiger partial charge in [0.05, 0.1) is 19.8 Å². The van der Waals surface area contributed by atoms with Crippen molar-refractivity contribution in [1.82, 2.24) is 0 Å². The highest BCUT2D eigenvalue weighted by molar-refractivity contribution is 6.69. The smallest absolute Gasteiger partial charge is 0.371 e. The van der Waals surface area contributed by atoms with E-state index in [2.05, 4.69) is 0 Å². The molecule has 0 heterocycles. The van der Waals surface area contributed by atoms with Crippen LogP contribution in [0.15, 0.2) is 0 Å². The molecule has 3 nitrogen and oxygen atoms in total. The van der Waals surface area contributed by atoms with E-state index in [1.165, 1.54) is 0 Å². The van der Waals surface area contributed by atoms with Crippen LogP contribution in [0.2, 0.25) is 0 Å². The molecule has 0 saturated heterocycles. The highest BCUT2D eigenvalue weighted by atomic mass is 35.6. The number of halogens is 9. The Morgan fingerprint density at radius 3 is 0.895 bits per heavy atom. The van der Waals surface area contributed by atoms with Crippen molar-refractivity contribution in [2.24, 2.45) is 0 Å². The number of hydrogen-bond donors (Lipinski definition) is 0. The highest BCUT2D eigenvalue weighted by Gasteiger charge is 2.31. The molecule has 0 aromatic heterocycles. The van der Waals surface area contributed by atoms with Crippen molar-refractivity contribution in [3.8, 4) is 0 Å². The molecule has 0 atom stereocenters. The Balaban J connectivity index is 4.30. The minimum Gasteiger partial charge on any atom is -0.371 e. The van der Waals surface area contributed by atoms with Gasteiger partial charge in [-0.2, -0.15) is 0 Å². The molecular weight excluding hydrogens is 467 g/mol. The van der Waals surface area contributed by atoms with Gasteiger partial charge >= 0.3 is 9.53 Å². The zero-order valence-electron chi connectivity index (χ0n) is 8.83. The lowest BCUT2D eigenvalue weighted by Crippen LogP contribution is -2.36. The van der Waals surface area contributed by atoms with Gasteiger partial charge in [0.1, 0.15) is 0 Å². The van der Waals surface area contributed by atoms with Crippen LogP contribution in [-0.2, 0) is 13.3 Å². The number of rotatable bonds is 6. The highest BCUT2D eigenvalue weighted by Crippen LogP contribution is 2.30. The van der Waals surface area contributed by atoms with E-state index in [9.17, 15) is 0 Å². The first-order valence-corrected chi connectivity index (χ1v) is 9.15. The van der Waals surface area contributed by atoms with Crippen LogP contribution in [0.25, 0.3) is 0 Å². The zero-order valence-corrected chi connectivity index (χ0v) is 16.8. The van der Waals surface area contributed by atoms with E-state index in [0.29, 0.717) is 0 Å². The van der Waals surface area contributed by atoms with Crippen molar-refractivity contribution in [1.29, 1.82) is 0 Å². The Kier molecular flexibility index (Phi) is 10.4. The second kappa shape index (κ2) is 9.11. The minimum absolute atomic E-state index is 0.283. The largest absolute Gasteiger partial charge is 0.484 e. The molecule has 0 rings (SSSR count). The molecule has 0 aromatic carbocycles. The van der Waals surface area contributed by atoms with E-state index in [4.69, 9.17) is 118 Å². The van der Waals surface area contributed by atoms with Gasteiger partial charge in [0.25, 0.3) is 0 Å². The molecule has 116 valence electrons. The Morgan fingerprint density at radius 1 is 0.526 bits per heavy atom. The summed E-state index contributed by atoms with van der Waals surface area (Å²) in [6, 6.07) is 0. The Hall–Kier alpha value is 2.71. The predicted octanol–water partition coefficient (Wildman–Crippen LogP) is 4.86. The molecule has 19 heavy (non-hydrogen) atoms. The van der Waals surface area contributed by atoms with Gasteiger partial charge in [-0.25, -0.2) is 0 Å². The molecule has 0 saturated carbocycles. The summed E-state index contributed by atoms with van der Waals surface area (Å²) in [6.45, 7) is -0.850. The fourth-order valence-corrected chi connectivity index (χ4v) is 3.60. The second-order valence-electron chi connectivity index (χ2n) is 3.07. The normalized spacial score (nSPS) is 14.2. The van der Waals surface area contributed by atoms with Crippen LogP contribution in [0, 0.1) is 0 Å². The van der Waals surface area contributed by atoms with Crippen LogP contribution >= 0.6 is 104 Å². The van der Waals surface area contributed by atoms with Crippen molar-refractivity contribution < 1.29 is 13.3 Å². The van der Waals surface area contributed by atoms with E-state index in [1.807, 2.05) is 0 Å². The van der Waals surface area contributed by atoms with Crippen LogP contribution in [0.5, 0.6) is 0 Å². The van der Waals surface area contributed by atoms with E-state index < -0.39 is 20.9 Å². The average molecular weight is 474 g/mol. The van der Waals surface area contributed by atoms with Crippen LogP contribution in [0.1, 0.15) is 0 Å². The average Bonchev–Trinajstić information content (AvgIpc) is 2.11. The summed E-state index contributed by atoms with van der Waals surface area (Å²) in [5.41, 5.74) is 0. The molecule has 0 amide bonds. The molecule has 0 aromatic rings. The Bertz CT molecular complexity index is 217. The molecule has 13 heteroatoms. The third-order valence-corrected chi connectivity index (χ3v) is 3.45. The molecule has 0 aliphatic heterocycles. The first kappa shape index (κ1) is 21.7. The number of alkyl halides is 9. The topological polar surface area (TPSA) is 27.7 Å². The quantitative estimate of drug-likeness (QED) is 0.407. The van der Waals surface area contributed by atoms with Crippen molar-refractivity contribution in [2.45, 2.75) is 11.4 Å². The third kappa shape index (κ3) is 16.9. The Labute approximate surface area is 157 Å². The maximum absolute atomic E-state index is 5.52. The van der Waals surface area contributed by atoms with Gasteiger partial charge < -0.3 is 13.3 Å². The van der Waals surface area contributed by atoms with E-state index in [0.717, 1.165) is 0 Å². The Morgan fingerprint density at radius 2 is 0.737 bits per heavy atom. The first-order chi connectivity index (χ1) is 8.29. The lowest BCUT2D eigenvalue weighted by molar-refractivity contribution is 0.0978. The molecule has 0 aliphatic rings. The van der Waals surface area contributed by atoms with Crippen LogP contribution in [0.3, 0.4) is 0 Å². The summed E-state index contributed by atoms with van der Waals surface area (Å²) in [7, 11) is -2.79. The van der Waals surface area contributed by atoms with Gasteiger partial charge in [-0.1, -0.05) is 104 Å². The SMILES string of the molecule is ClC(Cl)(Cl)CO[SiH](OCC(Cl)(Cl)Cl)OCC(Cl)(Cl)Cl. The molecule has 0 N–H and O–H groups in total. The minimum atomic E-state index is -2.79. The lowest BCUT2D eigenvalue weighted by Gasteiger charge is -2.22. The molecule has 0 unspecified atom stereocenters. The molecular formula is C6H7Cl9O3Si. The van der Waals surface area contributed by atoms with Crippen LogP contribution < -0.4 is 0 Å². The molecule has 0 spiro atoms. The van der Waals surface area contributed by atoms with Gasteiger partial charge in [-0.05, 0) is 0 Å².